The molecule has 2 aromatic carbocycles. The van der Waals surface area contributed by atoms with Gasteiger partial charge in [-0.2, -0.15) is 0 Å². The van der Waals surface area contributed by atoms with E-state index in [9.17, 15) is 15.0 Å². The fourth-order valence-corrected chi connectivity index (χ4v) is 2.63. The molecule has 0 saturated heterocycles. The maximum absolute atomic E-state index is 12.1. The molecule has 2 aromatic rings. The lowest BCUT2D eigenvalue weighted by atomic mass is 9.96. The Morgan fingerprint density at radius 1 is 1.00 bits per heavy atom. The molecule has 3 heteroatoms. The minimum absolute atomic E-state index is 0.420. The molecule has 22 heavy (non-hydrogen) atoms. The van der Waals surface area contributed by atoms with Gasteiger partial charge in [0.05, 0.1) is 0 Å². The monoisotopic (exact) mass is 300 g/mol. The largest absolute Gasteiger partial charge is 0.385 e. The van der Waals surface area contributed by atoms with E-state index in [1.165, 1.54) is 0 Å². The molecule has 3 nitrogen and oxygen atoms in total. The van der Waals surface area contributed by atoms with E-state index in [2.05, 4.69) is 6.92 Å². The Morgan fingerprint density at radius 3 is 2.45 bits per heavy atom. The van der Waals surface area contributed by atoms with Gasteiger partial charge >= 0.3 is 0 Å². The number of carbonyl (C=O) groups is 1. The van der Waals surface area contributed by atoms with Crippen LogP contribution in [0.3, 0.4) is 0 Å². The molecule has 0 radical (unpaired) electrons. The molecule has 0 aliphatic heterocycles. The summed E-state index contributed by atoms with van der Waals surface area (Å²) < 4.78 is 0. The van der Waals surface area contributed by atoms with Crippen LogP contribution in [0.25, 0.3) is 10.8 Å². The summed E-state index contributed by atoms with van der Waals surface area (Å²) in [6.45, 7) is 2.12. The molecule has 0 spiro atoms. The van der Waals surface area contributed by atoms with E-state index in [0.29, 0.717) is 12.0 Å². The Bertz CT molecular complexity index is 621. The molecule has 2 rings (SSSR count). The van der Waals surface area contributed by atoms with Gasteiger partial charge in [0.15, 0.2) is 5.78 Å². The van der Waals surface area contributed by atoms with Gasteiger partial charge in [0, 0.05) is 0 Å². The maximum atomic E-state index is 12.1. The zero-order chi connectivity index (χ0) is 15.9. The lowest BCUT2D eigenvalue weighted by Crippen LogP contribution is -2.26. The van der Waals surface area contributed by atoms with Crippen LogP contribution in [0, 0.1) is 0 Å². The quantitative estimate of drug-likeness (QED) is 0.730. The number of rotatable bonds is 8. The number of unbranched alkanes of at least 4 members (excludes halogenated alkanes) is 3. The number of benzene rings is 2. The third kappa shape index (κ3) is 4.15. The van der Waals surface area contributed by atoms with Gasteiger partial charge < -0.3 is 10.2 Å². The zero-order valence-corrected chi connectivity index (χ0v) is 13.0. The predicted molar refractivity (Wildman–Crippen MR) is 88.7 cm³/mol. The number of hydrogen-bond donors (Lipinski definition) is 2. The van der Waals surface area contributed by atoms with Gasteiger partial charge in [0.2, 0.25) is 0 Å². The Morgan fingerprint density at radius 2 is 1.73 bits per heavy atom. The molecule has 0 saturated carbocycles. The number of fused-ring (bicyclic) bond motifs is 1. The molecule has 0 aliphatic carbocycles. The van der Waals surface area contributed by atoms with Crippen molar-refractivity contribution in [3.05, 3.63) is 48.0 Å². The molecule has 0 amide bonds. The van der Waals surface area contributed by atoms with Gasteiger partial charge in [-0.15, -0.1) is 0 Å². The predicted octanol–water partition coefficient (Wildman–Crippen LogP) is 3.77. The molecular formula is C19H24O3. The van der Waals surface area contributed by atoms with Crippen molar-refractivity contribution in [2.45, 2.75) is 51.2 Å². The molecule has 0 aliphatic rings. The molecule has 0 bridgehead atoms. The highest BCUT2D eigenvalue weighted by molar-refractivity contribution is 5.90. The van der Waals surface area contributed by atoms with E-state index in [1.54, 1.807) is 6.07 Å². The summed E-state index contributed by atoms with van der Waals surface area (Å²) in [6.07, 6.45) is 2.11. The highest BCUT2D eigenvalue weighted by Gasteiger charge is 2.24. The number of hydrogen-bond acceptors (Lipinski definition) is 3. The first kappa shape index (κ1) is 16.7. The molecule has 0 fully saturated rings. The van der Waals surface area contributed by atoms with Gasteiger partial charge in [-0.1, -0.05) is 69.0 Å². The average Bonchev–Trinajstić information content (AvgIpc) is 2.56. The number of Topliss-reactive ketones (excluding diaryl/α,β-unsaturated/α-hetero) is 1. The summed E-state index contributed by atoms with van der Waals surface area (Å²) >= 11 is 0. The van der Waals surface area contributed by atoms with Crippen LogP contribution in [0.1, 0.15) is 50.7 Å². The summed E-state index contributed by atoms with van der Waals surface area (Å²) in [4.78, 5) is 12.1. The van der Waals surface area contributed by atoms with Crippen LogP contribution >= 0.6 is 0 Å². The third-order valence-electron chi connectivity index (χ3n) is 4.02. The lowest BCUT2D eigenvalue weighted by molar-refractivity contribution is -0.136. The molecule has 0 heterocycles. The van der Waals surface area contributed by atoms with Crippen LogP contribution in [-0.2, 0) is 4.79 Å². The lowest BCUT2D eigenvalue weighted by Gasteiger charge is -2.15. The molecule has 2 unspecified atom stereocenters. The second-order valence-electron chi connectivity index (χ2n) is 5.78. The van der Waals surface area contributed by atoms with Gasteiger partial charge in [-0.3, -0.25) is 4.79 Å². The smallest absolute Gasteiger partial charge is 0.194 e. The van der Waals surface area contributed by atoms with E-state index in [0.717, 1.165) is 36.5 Å². The standard InChI is InChI=1S/C19H24O3/c1-2-3-4-5-10-17(20)19(22)18(21)16-12-11-14-8-6-7-9-15(14)13-16/h6-9,11-13,17-18,20-21H,2-5,10H2,1H3. The van der Waals surface area contributed by atoms with Gasteiger partial charge in [-0.25, -0.2) is 0 Å². The van der Waals surface area contributed by atoms with Crippen molar-refractivity contribution in [1.82, 2.24) is 0 Å². The molecular weight excluding hydrogens is 276 g/mol. The van der Waals surface area contributed by atoms with Crippen LogP contribution in [-0.4, -0.2) is 22.1 Å². The van der Waals surface area contributed by atoms with E-state index in [-0.39, 0.29) is 0 Å². The first-order valence-electron chi connectivity index (χ1n) is 8.02. The van der Waals surface area contributed by atoms with E-state index >= 15 is 0 Å². The Hall–Kier alpha value is -1.71. The number of aliphatic hydroxyl groups excluding tert-OH is 2. The van der Waals surface area contributed by atoms with E-state index in [4.69, 9.17) is 0 Å². The minimum Gasteiger partial charge on any atom is -0.385 e. The minimum atomic E-state index is -1.26. The summed E-state index contributed by atoms with van der Waals surface area (Å²) in [6, 6.07) is 13.2. The second kappa shape index (κ2) is 8.06. The van der Waals surface area contributed by atoms with Crippen LogP contribution in [0.4, 0.5) is 0 Å². The second-order valence-corrected chi connectivity index (χ2v) is 5.78. The molecule has 0 aromatic heterocycles. The van der Waals surface area contributed by atoms with Crippen LogP contribution in [0.15, 0.2) is 42.5 Å². The highest BCUT2D eigenvalue weighted by Crippen LogP contribution is 2.22. The van der Waals surface area contributed by atoms with Crippen molar-refractivity contribution >= 4 is 16.6 Å². The Kier molecular flexibility index (Phi) is 6.10. The van der Waals surface area contributed by atoms with Crippen molar-refractivity contribution in [2.75, 3.05) is 0 Å². The zero-order valence-electron chi connectivity index (χ0n) is 13.0. The maximum Gasteiger partial charge on any atom is 0.194 e. The normalized spacial score (nSPS) is 14.0. The molecule has 118 valence electrons. The third-order valence-corrected chi connectivity index (χ3v) is 4.02. The first-order valence-corrected chi connectivity index (χ1v) is 8.02. The summed E-state index contributed by atoms with van der Waals surface area (Å²) in [7, 11) is 0. The highest BCUT2D eigenvalue weighted by atomic mass is 16.3. The summed E-state index contributed by atoms with van der Waals surface area (Å²) in [5, 5.41) is 22.2. The fraction of sp³-hybridized carbons (Fsp3) is 0.421. The molecule has 2 N–H and O–H groups in total. The van der Waals surface area contributed by atoms with Crippen molar-refractivity contribution in [3.8, 4) is 0 Å². The van der Waals surface area contributed by atoms with Crippen molar-refractivity contribution < 1.29 is 15.0 Å². The fourth-order valence-electron chi connectivity index (χ4n) is 2.63. The number of carbonyl (C=O) groups excluding carboxylic acids is 1. The first-order chi connectivity index (χ1) is 10.6. The van der Waals surface area contributed by atoms with Crippen LogP contribution < -0.4 is 0 Å². The summed E-state index contributed by atoms with van der Waals surface area (Å²) in [5.41, 5.74) is 0.538. The number of ketones is 1. The number of aliphatic hydroxyl groups is 2. The van der Waals surface area contributed by atoms with Crippen LogP contribution in [0.2, 0.25) is 0 Å². The SMILES string of the molecule is CCCCCCC(O)C(=O)C(O)c1ccc2ccccc2c1. The summed E-state index contributed by atoms with van der Waals surface area (Å²) in [5.74, 6) is -0.508. The van der Waals surface area contributed by atoms with Gasteiger partial charge in [0.1, 0.15) is 12.2 Å². The Labute approximate surface area is 131 Å². The average molecular weight is 300 g/mol. The van der Waals surface area contributed by atoms with Crippen molar-refractivity contribution in [2.24, 2.45) is 0 Å². The van der Waals surface area contributed by atoms with Gasteiger partial charge in [-0.05, 0) is 28.8 Å². The Balaban J connectivity index is 2.01. The van der Waals surface area contributed by atoms with E-state index in [1.807, 2.05) is 36.4 Å². The van der Waals surface area contributed by atoms with Crippen molar-refractivity contribution in [3.63, 3.8) is 0 Å². The molecule has 2 atom stereocenters. The van der Waals surface area contributed by atoms with Crippen LogP contribution in [0.5, 0.6) is 0 Å². The van der Waals surface area contributed by atoms with Crippen molar-refractivity contribution in [1.29, 1.82) is 0 Å². The topological polar surface area (TPSA) is 57.5 Å². The van der Waals surface area contributed by atoms with E-state index < -0.39 is 18.0 Å². The van der Waals surface area contributed by atoms with Gasteiger partial charge in [0.25, 0.3) is 0 Å².